The van der Waals surface area contributed by atoms with E-state index in [1.807, 2.05) is 4.90 Å². The lowest BCUT2D eigenvalue weighted by atomic mass is 10.0. The fourth-order valence-electron chi connectivity index (χ4n) is 5.50. The van der Waals surface area contributed by atoms with Crippen LogP contribution in [0.4, 0.5) is 23.2 Å². The molecule has 0 atom stereocenters. The van der Waals surface area contributed by atoms with Gasteiger partial charge in [0, 0.05) is 36.6 Å². The summed E-state index contributed by atoms with van der Waals surface area (Å²) in [6.45, 7) is 3.67. The second kappa shape index (κ2) is 12.1. The van der Waals surface area contributed by atoms with E-state index in [1.165, 1.54) is 42.7 Å². The van der Waals surface area contributed by atoms with E-state index in [4.69, 9.17) is 9.47 Å². The Hall–Kier alpha value is -4.89. The highest BCUT2D eigenvalue weighted by Gasteiger charge is 2.54. The van der Waals surface area contributed by atoms with Crippen molar-refractivity contribution in [3.05, 3.63) is 76.9 Å². The number of amides is 1. The Morgan fingerprint density at radius 3 is 2.54 bits per heavy atom. The van der Waals surface area contributed by atoms with Crippen molar-refractivity contribution in [2.75, 3.05) is 38.2 Å². The van der Waals surface area contributed by atoms with Crippen molar-refractivity contribution in [2.45, 2.75) is 31.7 Å². The molecule has 1 saturated carbocycles. The molecule has 15 heteroatoms. The van der Waals surface area contributed by atoms with Crippen LogP contribution in [0, 0.1) is 5.82 Å². The highest BCUT2D eigenvalue weighted by Crippen LogP contribution is 2.44. The summed E-state index contributed by atoms with van der Waals surface area (Å²) in [6, 6.07) is 7.43. The summed E-state index contributed by atoms with van der Waals surface area (Å²) in [4.78, 5) is 49.1. The molecule has 240 valence electrons. The van der Waals surface area contributed by atoms with Crippen LogP contribution >= 0.6 is 0 Å². The third-order valence-electron chi connectivity index (χ3n) is 7.91. The number of hydrogen-bond acceptors (Lipinski definition) is 9. The number of carbonyl (C=O) groups excluding carboxylic acids is 2. The molecular formula is C31H27F4N5O6. The minimum atomic E-state index is -5.05. The zero-order valence-electron chi connectivity index (χ0n) is 24.4. The first-order chi connectivity index (χ1) is 22.0. The predicted octanol–water partition coefficient (Wildman–Crippen LogP) is 4.47. The number of halogens is 4. The van der Waals surface area contributed by atoms with Crippen molar-refractivity contribution in [1.29, 1.82) is 0 Å². The second-order valence-electron chi connectivity index (χ2n) is 10.7. The maximum atomic E-state index is 15.7. The van der Waals surface area contributed by atoms with Crippen LogP contribution < -0.4 is 15.6 Å². The lowest BCUT2D eigenvalue weighted by Gasteiger charge is -2.34. The lowest BCUT2D eigenvalue weighted by molar-refractivity contribution is -0.274. The molecular weight excluding hydrogens is 614 g/mol. The van der Waals surface area contributed by atoms with Crippen molar-refractivity contribution in [1.82, 2.24) is 19.4 Å². The van der Waals surface area contributed by atoms with E-state index < -0.39 is 40.9 Å². The van der Waals surface area contributed by atoms with E-state index in [2.05, 4.69) is 20.0 Å². The number of esters is 1. The number of morpholine rings is 1. The monoisotopic (exact) mass is 641 g/mol. The average Bonchev–Trinajstić information content (AvgIpc) is 3.85. The fourth-order valence-corrected chi connectivity index (χ4v) is 5.50. The van der Waals surface area contributed by atoms with Crippen molar-refractivity contribution in [3.8, 4) is 22.6 Å². The van der Waals surface area contributed by atoms with Crippen LogP contribution in [0.3, 0.4) is 0 Å². The van der Waals surface area contributed by atoms with Gasteiger partial charge in [0.2, 0.25) is 5.91 Å². The highest BCUT2D eigenvalue weighted by molar-refractivity contribution is 6.01. The number of nitrogens with zero attached hydrogens (tertiary/aromatic N) is 4. The van der Waals surface area contributed by atoms with Crippen LogP contribution in [0.1, 0.15) is 30.1 Å². The number of rotatable bonds is 8. The molecule has 6 rings (SSSR count). The van der Waals surface area contributed by atoms with Crippen molar-refractivity contribution >= 4 is 28.5 Å². The molecule has 11 nitrogen and oxygen atoms in total. The second-order valence-corrected chi connectivity index (χ2v) is 10.7. The maximum Gasteiger partial charge on any atom is 0.573 e. The van der Waals surface area contributed by atoms with Gasteiger partial charge in [-0.25, -0.2) is 14.2 Å². The van der Waals surface area contributed by atoms with Gasteiger partial charge in [0.1, 0.15) is 17.4 Å². The quantitative estimate of drug-likeness (QED) is 0.219. The molecule has 2 aromatic heterocycles. The molecule has 0 unspecified atom stereocenters. The molecule has 1 aliphatic carbocycles. The number of benzene rings is 2. The van der Waals surface area contributed by atoms with E-state index in [0.29, 0.717) is 39.1 Å². The molecule has 0 spiro atoms. The third-order valence-corrected chi connectivity index (χ3v) is 7.91. The SMILES string of the molecule is CCOC(=O)c1cncc(-c2ccc3c(=O)n(-c4ccc(OC(F)(F)F)c(NC(=O)C5(N6CCOCC6)CC5)c4)cnc3c2F)c1. The number of pyridine rings is 1. The summed E-state index contributed by atoms with van der Waals surface area (Å²) in [5, 5.41) is 2.45. The Morgan fingerprint density at radius 2 is 1.85 bits per heavy atom. The molecule has 1 amide bonds. The van der Waals surface area contributed by atoms with E-state index in [9.17, 15) is 27.6 Å². The van der Waals surface area contributed by atoms with Gasteiger partial charge in [0.15, 0.2) is 11.6 Å². The number of nitrogens with one attached hydrogen (secondary N) is 1. The highest BCUT2D eigenvalue weighted by atomic mass is 19.4. The van der Waals surface area contributed by atoms with Crippen LogP contribution in [-0.2, 0) is 14.3 Å². The summed E-state index contributed by atoms with van der Waals surface area (Å²) in [5.74, 6) is -2.64. The minimum Gasteiger partial charge on any atom is -0.462 e. The number of fused-ring (bicyclic) bond motifs is 1. The van der Waals surface area contributed by atoms with Crippen LogP contribution in [0.5, 0.6) is 5.75 Å². The number of ether oxygens (including phenoxy) is 3. The Labute approximate surface area is 258 Å². The molecule has 1 aliphatic heterocycles. The zero-order chi connectivity index (χ0) is 32.6. The first-order valence-corrected chi connectivity index (χ1v) is 14.4. The minimum absolute atomic E-state index is 0.0312. The van der Waals surface area contributed by atoms with Gasteiger partial charge in [-0.15, -0.1) is 13.2 Å². The smallest absolute Gasteiger partial charge is 0.462 e. The number of carbonyl (C=O) groups is 2. The number of hydrogen-bond donors (Lipinski definition) is 1. The number of anilines is 1. The zero-order valence-corrected chi connectivity index (χ0v) is 24.4. The van der Waals surface area contributed by atoms with Gasteiger partial charge in [-0.3, -0.25) is 24.0 Å². The lowest BCUT2D eigenvalue weighted by Crippen LogP contribution is -2.51. The summed E-state index contributed by atoms with van der Waals surface area (Å²) in [6.07, 6.45) is -0.334. The standard InChI is InChI=1S/C31H27F4N5O6/c1-2-45-28(42)19-13-18(15-36-16-19)21-4-5-22-26(25(21)32)37-17-40(27(22)41)20-3-6-24(46-31(33,34)35)23(14-20)38-29(43)30(7-8-30)39-9-11-44-12-10-39/h3-6,13-17H,2,7-12H2,1H3,(H,38,43). The molecule has 2 aromatic carbocycles. The molecule has 2 aliphatic rings. The third kappa shape index (κ3) is 6.02. The van der Waals surface area contributed by atoms with Gasteiger partial charge in [-0.05, 0) is 50.1 Å². The van der Waals surface area contributed by atoms with Crippen LogP contribution in [0.25, 0.3) is 27.7 Å². The van der Waals surface area contributed by atoms with Gasteiger partial charge < -0.3 is 19.5 Å². The van der Waals surface area contributed by atoms with Crippen molar-refractivity contribution < 1.29 is 41.4 Å². The van der Waals surface area contributed by atoms with Crippen LogP contribution in [0.2, 0.25) is 0 Å². The van der Waals surface area contributed by atoms with E-state index in [0.717, 1.165) is 17.0 Å². The van der Waals surface area contributed by atoms with Crippen LogP contribution in [0.15, 0.2) is 59.9 Å². The fraction of sp³-hybridized carbons (Fsp3) is 0.323. The number of alkyl halides is 3. The Kier molecular flexibility index (Phi) is 8.20. The Balaban J connectivity index is 1.35. The summed E-state index contributed by atoms with van der Waals surface area (Å²) in [5.41, 5.74) is -1.73. The Morgan fingerprint density at radius 1 is 1.09 bits per heavy atom. The van der Waals surface area contributed by atoms with E-state index in [-0.39, 0.29) is 45.6 Å². The van der Waals surface area contributed by atoms with Gasteiger partial charge in [-0.1, -0.05) is 6.07 Å². The molecule has 0 radical (unpaired) electrons. The topological polar surface area (TPSA) is 125 Å². The molecule has 46 heavy (non-hydrogen) atoms. The summed E-state index contributed by atoms with van der Waals surface area (Å²) in [7, 11) is 0. The molecule has 3 heterocycles. The average molecular weight is 642 g/mol. The van der Waals surface area contributed by atoms with E-state index in [1.54, 1.807) is 6.92 Å². The molecule has 4 aromatic rings. The largest absolute Gasteiger partial charge is 0.573 e. The van der Waals surface area contributed by atoms with Crippen molar-refractivity contribution in [2.24, 2.45) is 0 Å². The predicted molar refractivity (Wildman–Crippen MR) is 156 cm³/mol. The molecule has 1 saturated heterocycles. The first-order valence-electron chi connectivity index (χ1n) is 14.4. The normalized spacial score (nSPS) is 16.2. The van der Waals surface area contributed by atoms with Gasteiger partial charge in [0.05, 0.1) is 42.1 Å². The van der Waals surface area contributed by atoms with Crippen molar-refractivity contribution in [3.63, 3.8) is 0 Å². The van der Waals surface area contributed by atoms with E-state index >= 15 is 4.39 Å². The van der Waals surface area contributed by atoms with Gasteiger partial charge in [0.25, 0.3) is 5.56 Å². The molecule has 0 bridgehead atoms. The summed E-state index contributed by atoms with van der Waals surface area (Å²) < 4.78 is 71.0. The van der Waals surface area contributed by atoms with Crippen LogP contribution in [-0.4, -0.2) is 76.1 Å². The summed E-state index contributed by atoms with van der Waals surface area (Å²) >= 11 is 0. The first kappa shape index (κ1) is 31.1. The Bertz CT molecular complexity index is 1890. The molecule has 1 N–H and O–H groups in total. The maximum absolute atomic E-state index is 15.7. The number of aromatic nitrogens is 3. The van der Waals surface area contributed by atoms with Gasteiger partial charge >= 0.3 is 12.3 Å². The van der Waals surface area contributed by atoms with Gasteiger partial charge in [-0.2, -0.15) is 0 Å². The molecule has 2 fully saturated rings.